The minimum absolute atomic E-state index is 0.141. The maximum absolute atomic E-state index is 11.5. The number of benzene rings is 2. The summed E-state index contributed by atoms with van der Waals surface area (Å²) in [5, 5.41) is 7.19. The van der Waals surface area contributed by atoms with Crippen LogP contribution in [0.25, 0.3) is 0 Å². The Morgan fingerprint density at radius 1 is 1.25 bits per heavy atom. The zero-order valence-corrected chi connectivity index (χ0v) is 19.6. The van der Waals surface area contributed by atoms with Gasteiger partial charge in [-0.15, -0.1) is 11.3 Å². The van der Waals surface area contributed by atoms with Crippen LogP contribution in [0.4, 0.5) is 5.13 Å². The Kier molecular flexibility index (Phi) is 8.47. The van der Waals surface area contributed by atoms with Crippen LogP contribution >= 0.6 is 22.9 Å². The van der Waals surface area contributed by atoms with Gasteiger partial charge < -0.3 is 14.2 Å². The molecular weight excluding hydrogens is 450 g/mol. The summed E-state index contributed by atoms with van der Waals surface area (Å²) in [7, 11) is 1.61. The van der Waals surface area contributed by atoms with E-state index in [-0.39, 0.29) is 12.4 Å². The van der Waals surface area contributed by atoms with Crippen molar-refractivity contribution in [1.29, 1.82) is 0 Å². The standard InChI is InChI=1S/C23H24ClN3O4S/c1-4-30-22(28)11-18-14-32-23(26-18)27-25-12-16-6-8-20(29-3)17(10-16)13-31-21-7-5-15(2)9-19(21)24/h5-10,12,14H,4,11,13H2,1-3H3,(H,26,27). The Morgan fingerprint density at radius 2 is 2.06 bits per heavy atom. The second-order valence-corrected chi connectivity index (χ2v) is 8.05. The minimum atomic E-state index is -0.298. The molecule has 0 aliphatic rings. The van der Waals surface area contributed by atoms with Crippen molar-refractivity contribution in [3.63, 3.8) is 0 Å². The fraction of sp³-hybridized carbons (Fsp3) is 0.261. The molecule has 0 unspecified atom stereocenters. The molecule has 1 N–H and O–H groups in total. The number of rotatable bonds is 10. The summed E-state index contributed by atoms with van der Waals surface area (Å²) >= 11 is 7.62. The molecule has 0 saturated heterocycles. The van der Waals surface area contributed by atoms with E-state index in [1.807, 2.05) is 43.3 Å². The second kappa shape index (κ2) is 11.5. The highest BCUT2D eigenvalue weighted by Crippen LogP contribution is 2.28. The third-order valence-corrected chi connectivity index (χ3v) is 5.42. The number of thiazole rings is 1. The van der Waals surface area contributed by atoms with Crippen molar-refractivity contribution in [3.05, 3.63) is 69.2 Å². The highest BCUT2D eigenvalue weighted by molar-refractivity contribution is 7.13. The lowest BCUT2D eigenvalue weighted by Crippen LogP contribution is -2.07. The second-order valence-electron chi connectivity index (χ2n) is 6.79. The predicted octanol–water partition coefficient (Wildman–Crippen LogP) is 5.24. The number of hydrazone groups is 1. The normalized spacial score (nSPS) is 10.9. The van der Waals surface area contributed by atoms with Crippen molar-refractivity contribution < 1.29 is 19.0 Å². The third kappa shape index (κ3) is 6.70. The maximum Gasteiger partial charge on any atom is 0.311 e. The summed E-state index contributed by atoms with van der Waals surface area (Å²) < 4.78 is 16.3. The molecule has 1 heterocycles. The van der Waals surface area contributed by atoms with Gasteiger partial charge in [0.25, 0.3) is 0 Å². The molecule has 0 fully saturated rings. The van der Waals surface area contributed by atoms with Crippen molar-refractivity contribution in [2.75, 3.05) is 19.1 Å². The number of nitrogens with one attached hydrogen (secondary N) is 1. The van der Waals surface area contributed by atoms with E-state index in [1.54, 1.807) is 25.6 Å². The smallest absolute Gasteiger partial charge is 0.311 e. The Balaban J connectivity index is 1.62. The van der Waals surface area contributed by atoms with Crippen LogP contribution in [0.2, 0.25) is 5.02 Å². The van der Waals surface area contributed by atoms with Gasteiger partial charge >= 0.3 is 5.97 Å². The van der Waals surface area contributed by atoms with E-state index < -0.39 is 0 Å². The van der Waals surface area contributed by atoms with E-state index in [1.165, 1.54) is 11.3 Å². The van der Waals surface area contributed by atoms with Crippen LogP contribution in [-0.2, 0) is 22.6 Å². The number of carbonyl (C=O) groups excluding carboxylic acids is 1. The van der Waals surface area contributed by atoms with Gasteiger partial charge in [-0.2, -0.15) is 5.10 Å². The van der Waals surface area contributed by atoms with Gasteiger partial charge in [-0.3, -0.25) is 10.2 Å². The largest absolute Gasteiger partial charge is 0.496 e. The van der Waals surface area contributed by atoms with E-state index >= 15 is 0 Å². The van der Waals surface area contributed by atoms with E-state index in [4.69, 9.17) is 25.8 Å². The Bertz CT molecular complexity index is 1100. The predicted molar refractivity (Wildman–Crippen MR) is 127 cm³/mol. The molecule has 0 radical (unpaired) electrons. The summed E-state index contributed by atoms with van der Waals surface area (Å²) in [6.45, 7) is 4.40. The zero-order chi connectivity index (χ0) is 22.9. The highest BCUT2D eigenvalue weighted by Gasteiger charge is 2.09. The molecule has 0 aliphatic heterocycles. The summed E-state index contributed by atoms with van der Waals surface area (Å²) in [6.07, 6.45) is 1.82. The third-order valence-electron chi connectivity index (χ3n) is 4.33. The van der Waals surface area contributed by atoms with Crippen LogP contribution in [0.3, 0.4) is 0 Å². The number of hydrogen-bond acceptors (Lipinski definition) is 8. The van der Waals surface area contributed by atoms with Crippen molar-refractivity contribution in [1.82, 2.24) is 4.98 Å². The van der Waals surface area contributed by atoms with Gasteiger partial charge in [0.05, 0.1) is 37.1 Å². The lowest BCUT2D eigenvalue weighted by Gasteiger charge is -2.12. The van der Waals surface area contributed by atoms with Crippen LogP contribution in [0, 0.1) is 6.92 Å². The molecular formula is C23H24ClN3O4S. The van der Waals surface area contributed by atoms with Gasteiger partial charge in [0, 0.05) is 10.9 Å². The first-order valence-electron chi connectivity index (χ1n) is 9.93. The number of esters is 1. The number of anilines is 1. The average molecular weight is 474 g/mol. The molecule has 0 bridgehead atoms. The van der Waals surface area contributed by atoms with Gasteiger partial charge in [-0.05, 0) is 55.3 Å². The van der Waals surface area contributed by atoms with Gasteiger partial charge in [0.1, 0.15) is 18.1 Å². The first-order chi connectivity index (χ1) is 15.5. The molecule has 2 aromatic carbocycles. The van der Waals surface area contributed by atoms with E-state index in [0.717, 1.165) is 16.7 Å². The monoisotopic (exact) mass is 473 g/mol. The van der Waals surface area contributed by atoms with Crippen molar-refractivity contribution in [2.45, 2.75) is 26.9 Å². The lowest BCUT2D eigenvalue weighted by molar-refractivity contribution is -0.142. The average Bonchev–Trinajstić information content (AvgIpc) is 3.20. The molecule has 0 saturated carbocycles. The SMILES string of the molecule is CCOC(=O)Cc1csc(NN=Cc2ccc(OC)c(COc3ccc(C)cc3Cl)c2)n1. The molecule has 0 aliphatic carbocycles. The molecule has 3 rings (SSSR count). The van der Waals surface area contributed by atoms with Crippen LogP contribution in [0.5, 0.6) is 11.5 Å². The highest BCUT2D eigenvalue weighted by atomic mass is 35.5. The summed E-state index contributed by atoms with van der Waals surface area (Å²) in [6, 6.07) is 11.3. The van der Waals surface area contributed by atoms with E-state index in [0.29, 0.717) is 40.6 Å². The Morgan fingerprint density at radius 3 is 2.81 bits per heavy atom. The van der Waals surface area contributed by atoms with Crippen LogP contribution in [0.1, 0.15) is 29.3 Å². The van der Waals surface area contributed by atoms with E-state index in [2.05, 4.69) is 15.5 Å². The number of hydrogen-bond donors (Lipinski definition) is 1. The quantitative estimate of drug-likeness (QED) is 0.246. The number of ether oxygens (including phenoxy) is 3. The molecule has 7 nitrogen and oxygen atoms in total. The molecule has 0 atom stereocenters. The number of nitrogens with zero attached hydrogens (tertiary/aromatic N) is 2. The van der Waals surface area contributed by atoms with Gasteiger partial charge in [-0.25, -0.2) is 4.98 Å². The number of methoxy groups -OCH3 is 1. The Labute approximate surface area is 196 Å². The first-order valence-corrected chi connectivity index (χ1v) is 11.2. The number of aryl methyl sites for hydroxylation is 1. The zero-order valence-electron chi connectivity index (χ0n) is 18.1. The first kappa shape index (κ1) is 23.6. The molecule has 1 aromatic heterocycles. The number of carbonyl (C=O) groups is 1. The molecule has 9 heteroatoms. The van der Waals surface area contributed by atoms with Gasteiger partial charge in [0.2, 0.25) is 5.13 Å². The van der Waals surface area contributed by atoms with E-state index in [9.17, 15) is 4.79 Å². The van der Waals surface area contributed by atoms with Crippen molar-refractivity contribution >= 4 is 40.3 Å². The lowest BCUT2D eigenvalue weighted by atomic mass is 10.1. The fourth-order valence-electron chi connectivity index (χ4n) is 2.83. The van der Waals surface area contributed by atoms with Crippen LogP contribution < -0.4 is 14.9 Å². The molecule has 168 valence electrons. The van der Waals surface area contributed by atoms with Crippen molar-refractivity contribution in [3.8, 4) is 11.5 Å². The maximum atomic E-state index is 11.5. The fourth-order valence-corrected chi connectivity index (χ4v) is 3.78. The topological polar surface area (TPSA) is 82.0 Å². The Hall–Kier alpha value is -3.10. The summed E-state index contributed by atoms with van der Waals surface area (Å²) in [4.78, 5) is 15.9. The summed E-state index contributed by atoms with van der Waals surface area (Å²) in [5.74, 6) is 1.03. The van der Waals surface area contributed by atoms with Gasteiger partial charge in [0.15, 0.2) is 0 Å². The van der Waals surface area contributed by atoms with Gasteiger partial charge in [-0.1, -0.05) is 17.7 Å². The summed E-state index contributed by atoms with van der Waals surface area (Å²) in [5.41, 5.74) is 6.31. The molecule has 3 aromatic rings. The molecule has 32 heavy (non-hydrogen) atoms. The minimum Gasteiger partial charge on any atom is -0.496 e. The van der Waals surface area contributed by atoms with Crippen molar-refractivity contribution in [2.24, 2.45) is 5.10 Å². The number of halogens is 1. The number of aromatic nitrogens is 1. The van der Waals surface area contributed by atoms with Crippen LogP contribution in [0.15, 0.2) is 46.9 Å². The molecule has 0 spiro atoms. The van der Waals surface area contributed by atoms with Crippen LogP contribution in [-0.4, -0.2) is 30.9 Å². The molecule has 0 amide bonds.